The molecule has 2 heteroatoms. The lowest BCUT2D eigenvalue weighted by Crippen LogP contribution is -2.24. The predicted octanol–water partition coefficient (Wildman–Crippen LogP) is 14.9. The molecular formula is C52H54N2. The molecule has 54 heavy (non-hydrogen) atoms. The fourth-order valence-electron chi connectivity index (χ4n) is 8.40. The molecule has 0 spiro atoms. The molecule has 7 rings (SSSR count). The summed E-state index contributed by atoms with van der Waals surface area (Å²) in [6.45, 7) is 16.3. The number of aromatic nitrogens is 2. The third kappa shape index (κ3) is 7.10. The Labute approximate surface area is 323 Å². The monoisotopic (exact) mass is 706 g/mol. The van der Waals surface area contributed by atoms with E-state index in [4.69, 9.17) is 4.98 Å². The number of hydrogen-bond donors (Lipinski definition) is 0. The zero-order valence-electron chi connectivity index (χ0n) is 33.1. The van der Waals surface area contributed by atoms with Crippen LogP contribution in [0.1, 0.15) is 96.3 Å². The molecule has 0 fully saturated rings. The molecule has 0 bridgehead atoms. The highest BCUT2D eigenvalue weighted by atomic mass is 15.1. The van der Waals surface area contributed by atoms with Crippen LogP contribution >= 0.6 is 0 Å². The van der Waals surface area contributed by atoms with Crippen molar-refractivity contribution in [2.75, 3.05) is 0 Å². The molecule has 0 radical (unpaired) electrons. The fourth-order valence-corrected chi connectivity index (χ4v) is 8.40. The second-order valence-electron chi connectivity index (χ2n) is 15.4. The van der Waals surface area contributed by atoms with Gasteiger partial charge in [-0.1, -0.05) is 152 Å². The van der Waals surface area contributed by atoms with Gasteiger partial charge in [-0.25, -0.2) is 4.98 Å². The van der Waals surface area contributed by atoms with Gasteiger partial charge in [0.15, 0.2) is 0 Å². The van der Waals surface area contributed by atoms with Crippen LogP contribution in [0.25, 0.3) is 61.6 Å². The standard InChI is InChI=1S/C52H54N2/c1-8-52(9-2,10-3)49-27-26-41(44-31-42(38-20-14-11-15-21-38)30-43(32-44)39-22-16-12-17-23-39)33-48(49)51-53-28-29-54(51)50-46(36(4)5)34-45(35-47(50)37(6)7)40-24-18-13-19-25-40/h11-37H,8-10H2,1-7H3. The average molecular weight is 707 g/mol. The van der Waals surface area contributed by atoms with Gasteiger partial charge in [0.25, 0.3) is 0 Å². The first-order valence-electron chi connectivity index (χ1n) is 19.9. The summed E-state index contributed by atoms with van der Waals surface area (Å²) >= 11 is 0. The summed E-state index contributed by atoms with van der Waals surface area (Å²) in [5.41, 5.74) is 16.3. The first-order valence-corrected chi connectivity index (χ1v) is 19.9. The Balaban J connectivity index is 1.49. The number of nitrogens with zero attached hydrogens (tertiary/aromatic N) is 2. The van der Waals surface area contributed by atoms with Crippen LogP contribution < -0.4 is 0 Å². The topological polar surface area (TPSA) is 17.8 Å². The molecule has 0 aliphatic rings. The van der Waals surface area contributed by atoms with E-state index in [0.29, 0.717) is 11.8 Å². The molecule has 6 aromatic carbocycles. The maximum atomic E-state index is 5.25. The van der Waals surface area contributed by atoms with E-state index in [1.54, 1.807) is 0 Å². The minimum atomic E-state index is 0.0324. The van der Waals surface area contributed by atoms with Gasteiger partial charge >= 0.3 is 0 Å². The summed E-state index contributed by atoms with van der Waals surface area (Å²) in [5, 5.41) is 0. The second-order valence-corrected chi connectivity index (χ2v) is 15.4. The minimum Gasteiger partial charge on any atom is -0.299 e. The van der Waals surface area contributed by atoms with Gasteiger partial charge in [0.05, 0.1) is 5.69 Å². The van der Waals surface area contributed by atoms with Crippen molar-refractivity contribution in [3.8, 4) is 61.6 Å². The predicted molar refractivity (Wildman–Crippen MR) is 231 cm³/mol. The Morgan fingerprint density at radius 2 is 0.907 bits per heavy atom. The first kappa shape index (κ1) is 36.9. The SMILES string of the molecule is CCC(CC)(CC)c1ccc(-c2cc(-c3ccccc3)cc(-c3ccccc3)c2)cc1-c1nccn1-c1c(C(C)C)cc(-c2ccccc2)cc1C(C)C. The third-order valence-electron chi connectivity index (χ3n) is 11.7. The van der Waals surface area contributed by atoms with E-state index in [0.717, 1.165) is 25.1 Å². The molecule has 7 aromatic rings. The zero-order valence-corrected chi connectivity index (χ0v) is 33.1. The van der Waals surface area contributed by atoms with E-state index in [1.807, 2.05) is 6.20 Å². The van der Waals surface area contributed by atoms with Crippen molar-refractivity contribution in [1.29, 1.82) is 0 Å². The second kappa shape index (κ2) is 15.9. The molecule has 0 atom stereocenters. The molecule has 2 nitrogen and oxygen atoms in total. The van der Waals surface area contributed by atoms with Gasteiger partial charge in [-0.15, -0.1) is 0 Å². The van der Waals surface area contributed by atoms with Crippen molar-refractivity contribution in [3.05, 3.63) is 169 Å². The molecule has 0 saturated carbocycles. The Kier molecular flexibility index (Phi) is 10.8. The minimum absolute atomic E-state index is 0.0324. The van der Waals surface area contributed by atoms with Gasteiger partial charge in [-0.05, 0) is 134 Å². The van der Waals surface area contributed by atoms with Crippen LogP contribution in [0.4, 0.5) is 0 Å². The quantitative estimate of drug-likeness (QED) is 0.124. The molecule has 0 aliphatic carbocycles. The highest BCUT2D eigenvalue weighted by Gasteiger charge is 2.31. The van der Waals surface area contributed by atoms with Crippen molar-refractivity contribution in [2.24, 2.45) is 0 Å². The Morgan fingerprint density at radius 3 is 1.33 bits per heavy atom. The highest BCUT2D eigenvalue weighted by molar-refractivity contribution is 5.83. The molecule has 0 N–H and O–H groups in total. The van der Waals surface area contributed by atoms with E-state index in [1.165, 1.54) is 72.4 Å². The summed E-state index contributed by atoms with van der Waals surface area (Å²) in [7, 11) is 0. The molecule has 0 saturated heterocycles. The van der Waals surface area contributed by atoms with E-state index in [-0.39, 0.29) is 5.41 Å². The zero-order chi connectivity index (χ0) is 37.8. The van der Waals surface area contributed by atoms with Crippen molar-refractivity contribution in [3.63, 3.8) is 0 Å². The molecule has 0 unspecified atom stereocenters. The van der Waals surface area contributed by atoms with Crippen LogP contribution in [0.2, 0.25) is 0 Å². The van der Waals surface area contributed by atoms with E-state index < -0.39 is 0 Å². The Morgan fingerprint density at radius 1 is 0.481 bits per heavy atom. The highest BCUT2D eigenvalue weighted by Crippen LogP contribution is 2.45. The van der Waals surface area contributed by atoms with Crippen LogP contribution in [0, 0.1) is 0 Å². The van der Waals surface area contributed by atoms with Crippen LogP contribution in [0.3, 0.4) is 0 Å². The molecule has 272 valence electrons. The lowest BCUT2D eigenvalue weighted by atomic mass is 9.71. The van der Waals surface area contributed by atoms with Crippen LogP contribution in [0.5, 0.6) is 0 Å². The van der Waals surface area contributed by atoms with Crippen molar-refractivity contribution in [1.82, 2.24) is 9.55 Å². The number of imidazole rings is 1. The van der Waals surface area contributed by atoms with Gasteiger partial charge in [-0.2, -0.15) is 0 Å². The third-order valence-corrected chi connectivity index (χ3v) is 11.7. The number of rotatable bonds is 12. The fraction of sp³-hybridized carbons (Fsp3) is 0.250. The molecule has 1 aromatic heterocycles. The average Bonchev–Trinajstić information content (AvgIpc) is 3.71. The van der Waals surface area contributed by atoms with Crippen molar-refractivity contribution in [2.45, 2.75) is 85.0 Å². The summed E-state index contributed by atoms with van der Waals surface area (Å²) in [4.78, 5) is 5.25. The van der Waals surface area contributed by atoms with Crippen molar-refractivity contribution < 1.29 is 0 Å². The van der Waals surface area contributed by atoms with Crippen molar-refractivity contribution >= 4 is 0 Å². The summed E-state index contributed by atoms with van der Waals surface area (Å²) in [5.74, 6) is 1.64. The Bertz CT molecular complexity index is 2230. The summed E-state index contributed by atoms with van der Waals surface area (Å²) in [6.07, 6.45) is 7.38. The maximum absolute atomic E-state index is 5.25. The van der Waals surface area contributed by atoms with Gasteiger partial charge < -0.3 is 0 Å². The van der Waals surface area contributed by atoms with Crippen LogP contribution in [-0.4, -0.2) is 9.55 Å². The molecule has 1 heterocycles. The first-order chi connectivity index (χ1) is 26.3. The summed E-state index contributed by atoms with van der Waals surface area (Å²) < 4.78 is 2.41. The number of hydrogen-bond acceptors (Lipinski definition) is 1. The smallest absolute Gasteiger partial charge is 0.144 e. The summed E-state index contributed by atoms with van der Waals surface area (Å²) in [6, 6.07) is 51.4. The Hall–Kier alpha value is -5.47. The van der Waals surface area contributed by atoms with Gasteiger partial charge in [0.2, 0.25) is 0 Å². The lowest BCUT2D eigenvalue weighted by Gasteiger charge is -2.34. The number of benzene rings is 6. The normalized spacial score (nSPS) is 11.8. The van der Waals surface area contributed by atoms with E-state index in [2.05, 4.69) is 199 Å². The van der Waals surface area contributed by atoms with Gasteiger partial charge in [0.1, 0.15) is 5.82 Å². The largest absolute Gasteiger partial charge is 0.299 e. The molecule has 0 aliphatic heterocycles. The maximum Gasteiger partial charge on any atom is 0.144 e. The van der Waals surface area contributed by atoms with Gasteiger partial charge in [0, 0.05) is 18.0 Å². The van der Waals surface area contributed by atoms with Crippen LogP contribution in [-0.2, 0) is 5.41 Å². The van der Waals surface area contributed by atoms with Crippen LogP contribution in [0.15, 0.2) is 152 Å². The van der Waals surface area contributed by atoms with E-state index >= 15 is 0 Å². The van der Waals surface area contributed by atoms with E-state index in [9.17, 15) is 0 Å². The van der Waals surface area contributed by atoms with Gasteiger partial charge in [-0.3, -0.25) is 4.57 Å². The molecule has 0 amide bonds. The lowest BCUT2D eigenvalue weighted by molar-refractivity contribution is 0.382. The molecular weight excluding hydrogens is 653 g/mol.